The van der Waals surface area contributed by atoms with E-state index in [0.29, 0.717) is 11.5 Å². The van der Waals surface area contributed by atoms with Gasteiger partial charge in [0.25, 0.3) is 0 Å². The van der Waals surface area contributed by atoms with Crippen LogP contribution in [0.2, 0.25) is 0 Å². The molecule has 4 nitrogen and oxygen atoms in total. The lowest BCUT2D eigenvalue weighted by molar-refractivity contribution is 1.01. The lowest BCUT2D eigenvalue weighted by atomic mass is 10.1. The van der Waals surface area contributed by atoms with E-state index in [0.717, 1.165) is 11.3 Å². The zero-order valence-electron chi connectivity index (χ0n) is 9.73. The van der Waals surface area contributed by atoms with Crippen molar-refractivity contribution < 1.29 is 0 Å². The van der Waals surface area contributed by atoms with Crippen LogP contribution in [0, 0.1) is 25.2 Å². The molecule has 0 spiro atoms. The molecule has 0 aliphatic carbocycles. The molecule has 84 valence electrons. The van der Waals surface area contributed by atoms with Crippen molar-refractivity contribution in [1.29, 1.82) is 5.26 Å². The summed E-state index contributed by atoms with van der Waals surface area (Å²) in [5.74, 6) is 0.635. The summed E-state index contributed by atoms with van der Waals surface area (Å²) in [6.45, 7) is 4.09. The van der Waals surface area contributed by atoms with Gasteiger partial charge in [0.15, 0.2) is 11.5 Å². The molecule has 0 unspecified atom stereocenters. The minimum absolute atomic E-state index is 0.316. The first-order valence-corrected chi connectivity index (χ1v) is 5.27. The molecule has 0 saturated carbocycles. The molecule has 4 heteroatoms. The molecule has 0 bridgehead atoms. The summed E-state index contributed by atoms with van der Waals surface area (Å²) < 4.78 is 0. The van der Waals surface area contributed by atoms with Gasteiger partial charge in [0.2, 0.25) is 0 Å². The summed E-state index contributed by atoms with van der Waals surface area (Å²) in [4.78, 5) is 0. The Bertz CT molecular complexity index is 567. The third-order valence-corrected chi connectivity index (χ3v) is 2.42. The van der Waals surface area contributed by atoms with E-state index < -0.39 is 0 Å². The zero-order valence-corrected chi connectivity index (χ0v) is 9.73. The van der Waals surface area contributed by atoms with Crippen LogP contribution in [0.5, 0.6) is 0 Å². The molecule has 1 aromatic heterocycles. The van der Waals surface area contributed by atoms with Gasteiger partial charge in [-0.3, -0.25) is 0 Å². The average molecular weight is 224 g/mol. The number of aromatic nitrogens is 2. The second-order valence-electron chi connectivity index (χ2n) is 3.86. The molecule has 1 N–H and O–H groups in total. The summed E-state index contributed by atoms with van der Waals surface area (Å²) in [6.07, 6.45) is 0. The van der Waals surface area contributed by atoms with Crippen molar-refractivity contribution >= 4 is 11.5 Å². The van der Waals surface area contributed by atoms with Gasteiger partial charge in [-0.05, 0) is 37.6 Å². The van der Waals surface area contributed by atoms with Crippen molar-refractivity contribution in [2.45, 2.75) is 13.8 Å². The summed E-state index contributed by atoms with van der Waals surface area (Å²) >= 11 is 0. The molecule has 0 radical (unpaired) electrons. The van der Waals surface area contributed by atoms with Gasteiger partial charge < -0.3 is 5.32 Å². The standard InChI is InChI=1S/C13H12N4/c1-9-3-5-12(10(2)7-9)15-13-6-4-11(8-14)16-17-13/h3-7H,1-2H3,(H,15,17). The smallest absolute Gasteiger partial charge is 0.163 e. The molecule has 0 atom stereocenters. The number of hydrogen-bond acceptors (Lipinski definition) is 4. The largest absolute Gasteiger partial charge is 0.339 e. The second kappa shape index (κ2) is 4.62. The van der Waals surface area contributed by atoms with Crippen molar-refractivity contribution in [3.05, 3.63) is 47.2 Å². The van der Waals surface area contributed by atoms with E-state index in [2.05, 4.69) is 28.5 Å². The Balaban J connectivity index is 2.23. The van der Waals surface area contributed by atoms with Crippen LogP contribution in [0.1, 0.15) is 16.8 Å². The molecular weight excluding hydrogens is 212 g/mol. The minimum atomic E-state index is 0.316. The topological polar surface area (TPSA) is 61.6 Å². The van der Waals surface area contributed by atoms with Crippen LogP contribution in [-0.2, 0) is 0 Å². The van der Waals surface area contributed by atoms with Gasteiger partial charge in [-0.2, -0.15) is 5.26 Å². The predicted octanol–water partition coefficient (Wildman–Crippen LogP) is 2.71. The van der Waals surface area contributed by atoms with E-state index >= 15 is 0 Å². The first-order chi connectivity index (χ1) is 8.19. The van der Waals surface area contributed by atoms with Crippen molar-refractivity contribution in [2.24, 2.45) is 0 Å². The number of rotatable bonds is 2. The zero-order chi connectivity index (χ0) is 12.3. The number of aryl methyl sites for hydroxylation is 2. The molecule has 1 heterocycles. The van der Waals surface area contributed by atoms with Crippen molar-refractivity contribution in [1.82, 2.24) is 10.2 Å². The molecule has 1 aromatic carbocycles. The van der Waals surface area contributed by atoms with E-state index in [4.69, 9.17) is 5.26 Å². The van der Waals surface area contributed by atoms with E-state index in [1.165, 1.54) is 5.56 Å². The van der Waals surface area contributed by atoms with E-state index in [1.54, 1.807) is 12.1 Å². The number of nitrogens with zero attached hydrogens (tertiary/aromatic N) is 3. The minimum Gasteiger partial charge on any atom is -0.339 e. The molecule has 0 amide bonds. The number of nitrogens with one attached hydrogen (secondary N) is 1. The normalized spacial score (nSPS) is 9.71. The van der Waals surface area contributed by atoms with Crippen LogP contribution >= 0.6 is 0 Å². The third-order valence-electron chi connectivity index (χ3n) is 2.42. The predicted molar refractivity (Wildman–Crippen MR) is 65.9 cm³/mol. The molecule has 0 aliphatic heterocycles. The molecule has 2 rings (SSSR count). The van der Waals surface area contributed by atoms with Gasteiger partial charge in [0.1, 0.15) is 6.07 Å². The van der Waals surface area contributed by atoms with Crippen LogP contribution in [-0.4, -0.2) is 10.2 Å². The van der Waals surface area contributed by atoms with E-state index in [9.17, 15) is 0 Å². The molecular formula is C13H12N4. The van der Waals surface area contributed by atoms with Crippen LogP contribution in [0.15, 0.2) is 30.3 Å². The third kappa shape index (κ3) is 2.58. The van der Waals surface area contributed by atoms with Gasteiger partial charge in [-0.25, -0.2) is 0 Å². The Labute approximate surface area is 99.9 Å². The van der Waals surface area contributed by atoms with E-state index in [1.807, 2.05) is 25.1 Å². The maximum absolute atomic E-state index is 8.62. The summed E-state index contributed by atoms with van der Waals surface area (Å²) in [5.41, 5.74) is 3.68. The maximum Gasteiger partial charge on any atom is 0.163 e. The van der Waals surface area contributed by atoms with Crippen molar-refractivity contribution in [3.8, 4) is 6.07 Å². The second-order valence-corrected chi connectivity index (χ2v) is 3.86. The van der Waals surface area contributed by atoms with Gasteiger partial charge in [-0.1, -0.05) is 17.7 Å². The quantitative estimate of drug-likeness (QED) is 0.851. The summed E-state index contributed by atoms with van der Waals surface area (Å²) in [6, 6.07) is 11.4. The molecule has 0 aliphatic rings. The SMILES string of the molecule is Cc1ccc(Nc2ccc(C#N)nn2)c(C)c1. The lowest BCUT2D eigenvalue weighted by Crippen LogP contribution is -1.98. The van der Waals surface area contributed by atoms with Gasteiger partial charge in [0.05, 0.1) is 0 Å². The van der Waals surface area contributed by atoms with Gasteiger partial charge >= 0.3 is 0 Å². The Hall–Kier alpha value is -2.41. The fourth-order valence-electron chi connectivity index (χ4n) is 1.55. The van der Waals surface area contributed by atoms with Crippen LogP contribution in [0.3, 0.4) is 0 Å². The fourth-order valence-corrected chi connectivity index (χ4v) is 1.55. The molecule has 0 fully saturated rings. The highest BCUT2D eigenvalue weighted by Crippen LogP contribution is 2.19. The van der Waals surface area contributed by atoms with Crippen molar-refractivity contribution in [2.75, 3.05) is 5.32 Å². The monoisotopic (exact) mass is 224 g/mol. The van der Waals surface area contributed by atoms with Gasteiger partial charge in [-0.15, -0.1) is 10.2 Å². The molecule has 17 heavy (non-hydrogen) atoms. The number of anilines is 2. The Morgan fingerprint density at radius 2 is 1.94 bits per heavy atom. The highest BCUT2D eigenvalue weighted by atomic mass is 15.2. The number of nitriles is 1. The Morgan fingerprint density at radius 3 is 2.53 bits per heavy atom. The van der Waals surface area contributed by atoms with E-state index in [-0.39, 0.29) is 0 Å². The van der Waals surface area contributed by atoms with Crippen LogP contribution in [0.25, 0.3) is 0 Å². The number of benzene rings is 1. The lowest BCUT2D eigenvalue weighted by Gasteiger charge is -2.08. The first kappa shape index (κ1) is 11.1. The molecule has 2 aromatic rings. The fraction of sp³-hybridized carbons (Fsp3) is 0.154. The summed E-state index contributed by atoms with van der Waals surface area (Å²) in [5, 5.41) is 19.5. The summed E-state index contributed by atoms with van der Waals surface area (Å²) in [7, 11) is 0. The Kier molecular flexibility index (Phi) is 3.01. The Morgan fingerprint density at radius 1 is 1.12 bits per heavy atom. The average Bonchev–Trinajstić information content (AvgIpc) is 2.34. The van der Waals surface area contributed by atoms with Crippen molar-refractivity contribution in [3.63, 3.8) is 0 Å². The van der Waals surface area contributed by atoms with Gasteiger partial charge in [0, 0.05) is 5.69 Å². The van der Waals surface area contributed by atoms with Crippen LogP contribution < -0.4 is 5.32 Å². The first-order valence-electron chi connectivity index (χ1n) is 5.27. The van der Waals surface area contributed by atoms with Crippen LogP contribution in [0.4, 0.5) is 11.5 Å². The number of hydrogen-bond donors (Lipinski definition) is 1. The highest BCUT2D eigenvalue weighted by Gasteiger charge is 2.01. The maximum atomic E-state index is 8.62. The highest BCUT2D eigenvalue weighted by molar-refractivity contribution is 5.60. The molecule has 0 saturated heterocycles.